The van der Waals surface area contributed by atoms with Crippen molar-refractivity contribution in [1.29, 1.82) is 0 Å². The molecule has 0 unspecified atom stereocenters. The SMILES string of the molecule is Cc1cnc([C@@H]2CCCN(C(=O)CC3CCCCC3)C2)[nH]1. The van der Waals surface area contributed by atoms with Crippen LogP contribution in [-0.2, 0) is 4.79 Å². The number of hydrogen-bond acceptors (Lipinski definition) is 2. The van der Waals surface area contributed by atoms with Crippen LogP contribution in [0.15, 0.2) is 6.20 Å². The summed E-state index contributed by atoms with van der Waals surface area (Å²) in [7, 11) is 0. The van der Waals surface area contributed by atoms with Gasteiger partial charge in [0.1, 0.15) is 5.82 Å². The lowest BCUT2D eigenvalue weighted by atomic mass is 9.86. The van der Waals surface area contributed by atoms with Crippen molar-refractivity contribution in [3.05, 3.63) is 17.7 Å². The molecule has 1 saturated carbocycles. The lowest BCUT2D eigenvalue weighted by Crippen LogP contribution is -2.40. The van der Waals surface area contributed by atoms with Gasteiger partial charge in [0.15, 0.2) is 0 Å². The molecule has 1 aromatic heterocycles. The summed E-state index contributed by atoms with van der Waals surface area (Å²) in [5.74, 6) is 2.46. The van der Waals surface area contributed by atoms with E-state index in [1.54, 1.807) is 0 Å². The van der Waals surface area contributed by atoms with Crippen molar-refractivity contribution in [2.75, 3.05) is 13.1 Å². The van der Waals surface area contributed by atoms with Gasteiger partial charge in [-0.1, -0.05) is 19.3 Å². The van der Waals surface area contributed by atoms with E-state index in [9.17, 15) is 4.79 Å². The van der Waals surface area contributed by atoms with E-state index in [1.807, 2.05) is 13.1 Å². The highest BCUT2D eigenvalue weighted by Crippen LogP contribution is 2.29. The summed E-state index contributed by atoms with van der Waals surface area (Å²) >= 11 is 0. The number of piperidine rings is 1. The Labute approximate surface area is 127 Å². The second-order valence-corrected chi connectivity index (χ2v) is 6.84. The lowest BCUT2D eigenvalue weighted by Gasteiger charge is -2.33. The molecule has 1 aromatic rings. The maximum absolute atomic E-state index is 12.5. The molecule has 0 bridgehead atoms. The highest BCUT2D eigenvalue weighted by molar-refractivity contribution is 5.76. The maximum atomic E-state index is 12.5. The molecule has 4 heteroatoms. The number of nitrogens with one attached hydrogen (secondary N) is 1. The fourth-order valence-corrected chi connectivity index (χ4v) is 3.83. The fourth-order valence-electron chi connectivity index (χ4n) is 3.83. The van der Waals surface area contributed by atoms with Crippen molar-refractivity contribution in [1.82, 2.24) is 14.9 Å². The van der Waals surface area contributed by atoms with Gasteiger partial charge in [0, 0.05) is 37.3 Å². The third kappa shape index (κ3) is 3.66. The summed E-state index contributed by atoms with van der Waals surface area (Å²) in [6.07, 6.45) is 11.4. The standard InChI is InChI=1S/C17H27N3O/c1-13-11-18-17(19-13)15-8-5-9-20(12-15)16(21)10-14-6-3-2-4-7-14/h11,14-15H,2-10,12H2,1H3,(H,18,19)/t15-/m1/s1. The van der Waals surface area contributed by atoms with Crippen LogP contribution in [0.3, 0.4) is 0 Å². The van der Waals surface area contributed by atoms with Gasteiger partial charge in [-0.3, -0.25) is 4.79 Å². The fraction of sp³-hybridized carbons (Fsp3) is 0.765. The van der Waals surface area contributed by atoms with Crippen LogP contribution in [0.1, 0.15) is 68.8 Å². The third-order valence-electron chi connectivity index (χ3n) is 5.07. The molecule has 2 fully saturated rings. The molecule has 1 N–H and O–H groups in total. The average Bonchev–Trinajstić information content (AvgIpc) is 2.95. The minimum atomic E-state index is 0.370. The summed E-state index contributed by atoms with van der Waals surface area (Å²) in [4.78, 5) is 22.4. The van der Waals surface area contributed by atoms with E-state index in [0.29, 0.717) is 17.7 Å². The molecule has 0 radical (unpaired) electrons. The Morgan fingerprint density at radius 3 is 2.81 bits per heavy atom. The molecule has 1 amide bonds. The Balaban J connectivity index is 1.56. The van der Waals surface area contributed by atoms with E-state index in [4.69, 9.17) is 0 Å². The van der Waals surface area contributed by atoms with E-state index in [-0.39, 0.29) is 0 Å². The van der Waals surface area contributed by atoms with Crippen LogP contribution in [0.5, 0.6) is 0 Å². The van der Waals surface area contributed by atoms with Crippen molar-refractivity contribution in [3.63, 3.8) is 0 Å². The van der Waals surface area contributed by atoms with Gasteiger partial charge in [0.25, 0.3) is 0 Å². The molecule has 4 nitrogen and oxygen atoms in total. The quantitative estimate of drug-likeness (QED) is 0.927. The number of aromatic amines is 1. The lowest BCUT2D eigenvalue weighted by molar-refractivity contribution is -0.133. The van der Waals surface area contributed by atoms with E-state index < -0.39 is 0 Å². The molecule has 1 aliphatic heterocycles. The first kappa shape index (κ1) is 14.6. The van der Waals surface area contributed by atoms with Crippen LogP contribution in [0.2, 0.25) is 0 Å². The monoisotopic (exact) mass is 289 g/mol. The number of aromatic nitrogens is 2. The van der Waals surface area contributed by atoms with Gasteiger partial charge in [-0.2, -0.15) is 0 Å². The van der Waals surface area contributed by atoms with Crippen LogP contribution < -0.4 is 0 Å². The number of hydrogen-bond donors (Lipinski definition) is 1. The van der Waals surface area contributed by atoms with Gasteiger partial charge < -0.3 is 9.88 Å². The largest absolute Gasteiger partial charge is 0.346 e. The number of imidazole rings is 1. The molecule has 3 rings (SSSR count). The van der Waals surface area contributed by atoms with Gasteiger partial charge >= 0.3 is 0 Å². The summed E-state index contributed by atoms with van der Waals surface area (Å²) in [5, 5.41) is 0. The average molecular weight is 289 g/mol. The zero-order chi connectivity index (χ0) is 14.7. The molecule has 21 heavy (non-hydrogen) atoms. The summed E-state index contributed by atoms with van der Waals surface area (Å²) in [5.41, 5.74) is 1.11. The number of rotatable bonds is 3. The minimum absolute atomic E-state index is 0.370. The number of H-pyrrole nitrogens is 1. The van der Waals surface area contributed by atoms with E-state index in [0.717, 1.165) is 43.9 Å². The van der Waals surface area contributed by atoms with Crippen molar-refractivity contribution in [3.8, 4) is 0 Å². The Morgan fingerprint density at radius 1 is 1.29 bits per heavy atom. The molecule has 1 saturated heterocycles. The van der Waals surface area contributed by atoms with E-state index in [2.05, 4.69) is 14.9 Å². The molecule has 0 spiro atoms. The van der Waals surface area contributed by atoms with Crippen molar-refractivity contribution in [2.24, 2.45) is 5.92 Å². The number of likely N-dealkylation sites (tertiary alicyclic amines) is 1. The minimum Gasteiger partial charge on any atom is -0.346 e. The second-order valence-electron chi connectivity index (χ2n) is 6.84. The van der Waals surface area contributed by atoms with Crippen LogP contribution >= 0.6 is 0 Å². The topological polar surface area (TPSA) is 49.0 Å². The van der Waals surface area contributed by atoms with Crippen molar-refractivity contribution >= 4 is 5.91 Å². The molecule has 1 atom stereocenters. The van der Waals surface area contributed by atoms with Crippen LogP contribution in [0, 0.1) is 12.8 Å². The van der Waals surface area contributed by atoms with Crippen LogP contribution in [0.25, 0.3) is 0 Å². The maximum Gasteiger partial charge on any atom is 0.222 e. The number of nitrogens with zero attached hydrogens (tertiary/aromatic N) is 2. The number of carbonyl (C=O) groups is 1. The molecule has 2 heterocycles. The molecular formula is C17H27N3O. The molecular weight excluding hydrogens is 262 g/mol. The molecule has 0 aromatic carbocycles. The normalized spacial score (nSPS) is 24.2. The first-order chi connectivity index (χ1) is 10.2. The zero-order valence-corrected chi connectivity index (χ0v) is 13.1. The highest BCUT2D eigenvalue weighted by Gasteiger charge is 2.28. The summed E-state index contributed by atoms with van der Waals surface area (Å²) < 4.78 is 0. The number of aryl methyl sites for hydroxylation is 1. The van der Waals surface area contributed by atoms with Crippen molar-refractivity contribution in [2.45, 2.75) is 64.2 Å². The highest BCUT2D eigenvalue weighted by atomic mass is 16.2. The Morgan fingerprint density at radius 2 is 2.10 bits per heavy atom. The Bertz CT molecular complexity index is 476. The molecule has 2 aliphatic rings. The van der Waals surface area contributed by atoms with Gasteiger partial charge in [-0.25, -0.2) is 4.98 Å². The predicted octanol–water partition coefficient (Wildman–Crippen LogP) is 3.39. The van der Waals surface area contributed by atoms with Gasteiger partial charge in [0.05, 0.1) is 0 Å². The van der Waals surface area contributed by atoms with Gasteiger partial charge in [-0.15, -0.1) is 0 Å². The molecule has 116 valence electrons. The van der Waals surface area contributed by atoms with E-state index in [1.165, 1.54) is 32.1 Å². The van der Waals surface area contributed by atoms with Crippen LogP contribution in [0.4, 0.5) is 0 Å². The Kier molecular flexibility index (Phi) is 4.61. The van der Waals surface area contributed by atoms with Gasteiger partial charge in [0.2, 0.25) is 5.91 Å². The first-order valence-electron chi connectivity index (χ1n) is 8.51. The zero-order valence-electron chi connectivity index (χ0n) is 13.1. The smallest absolute Gasteiger partial charge is 0.222 e. The van der Waals surface area contributed by atoms with E-state index >= 15 is 0 Å². The first-order valence-corrected chi connectivity index (χ1v) is 8.51. The summed E-state index contributed by atoms with van der Waals surface area (Å²) in [6.45, 7) is 3.81. The number of carbonyl (C=O) groups excluding carboxylic acids is 1. The number of amides is 1. The third-order valence-corrected chi connectivity index (χ3v) is 5.07. The molecule has 1 aliphatic carbocycles. The second kappa shape index (κ2) is 6.63. The van der Waals surface area contributed by atoms with Crippen LogP contribution in [-0.4, -0.2) is 33.9 Å². The Hall–Kier alpha value is -1.32. The van der Waals surface area contributed by atoms with Crippen molar-refractivity contribution < 1.29 is 4.79 Å². The summed E-state index contributed by atoms with van der Waals surface area (Å²) in [6, 6.07) is 0. The van der Waals surface area contributed by atoms with Gasteiger partial charge in [-0.05, 0) is 38.5 Å². The predicted molar refractivity (Wildman–Crippen MR) is 83.1 cm³/mol.